The van der Waals surface area contributed by atoms with Crippen LogP contribution in [0.3, 0.4) is 0 Å². The molecule has 0 spiro atoms. The maximum Gasteiger partial charge on any atom is 0.391 e. The number of rotatable bonds is 1. The average molecular weight is 341 g/mol. The Labute approximate surface area is 116 Å². The summed E-state index contributed by atoms with van der Waals surface area (Å²) < 4.78 is 51.9. The summed E-state index contributed by atoms with van der Waals surface area (Å²) in [6.07, 6.45) is -4.75. The first kappa shape index (κ1) is 14.8. The van der Waals surface area contributed by atoms with Crippen LogP contribution in [-0.4, -0.2) is 11.3 Å². The van der Waals surface area contributed by atoms with Crippen LogP contribution >= 0.6 is 15.9 Å². The lowest BCUT2D eigenvalue weighted by Crippen LogP contribution is -2.37. The van der Waals surface area contributed by atoms with Gasteiger partial charge in [0.2, 0.25) is 0 Å². The van der Waals surface area contributed by atoms with Crippen molar-refractivity contribution in [1.82, 2.24) is 0 Å². The predicted molar refractivity (Wildman–Crippen MR) is 66.0 cm³/mol. The lowest BCUT2D eigenvalue weighted by Gasteiger charge is -2.37. The first-order valence-electron chi connectivity index (χ1n) is 5.97. The molecule has 1 aliphatic rings. The van der Waals surface area contributed by atoms with E-state index in [2.05, 4.69) is 15.9 Å². The van der Waals surface area contributed by atoms with Gasteiger partial charge >= 0.3 is 6.18 Å². The summed E-state index contributed by atoms with van der Waals surface area (Å²) >= 11 is 3.01. The predicted octanol–water partition coefficient (Wildman–Crippen LogP) is 4.53. The third-order valence-corrected chi connectivity index (χ3v) is 4.34. The zero-order chi connectivity index (χ0) is 14.3. The van der Waals surface area contributed by atoms with Crippen LogP contribution in [0.5, 0.6) is 0 Å². The fraction of sp³-hybridized carbons (Fsp3) is 0.538. The van der Waals surface area contributed by atoms with Crippen molar-refractivity contribution in [3.8, 4) is 0 Å². The minimum absolute atomic E-state index is 0.0718. The molecule has 1 nitrogen and oxygen atoms in total. The third-order valence-electron chi connectivity index (χ3n) is 3.73. The number of hydrogen-bond acceptors (Lipinski definition) is 1. The zero-order valence-electron chi connectivity index (χ0n) is 9.97. The molecular weight excluding hydrogens is 328 g/mol. The SMILES string of the molecule is OC1(c2cccc(Br)c2F)CCC(C(F)(F)F)CC1. The van der Waals surface area contributed by atoms with Crippen molar-refractivity contribution in [3.05, 3.63) is 34.1 Å². The Kier molecular flexibility index (Phi) is 3.93. The summed E-state index contributed by atoms with van der Waals surface area (Å²) in [5.41, 5.74) is -1.43. The van der Waals surface area contributed by atoms with E-state index in [1.54, 1.807) is 6.07 Å². The van der Waals surface area contributed by atoms with Crippen molar-refractivity contribution in [2.45, 2.75) is 37.5 Å². The van der Waals surface area contributed by atoms with Gasteiger partial charge in [0.05, 0.1) is 16.0 Å². The van der Waals surface area contributed by atoms with E-state index < -0.39 is 23.5 Å². The van der Waals surface area contributed by atoms with E-state index in [9.17, 15) is 22.7 Å². The Bertz CT molecular complexity index is 464. The lowest BCUT2D eigenvalue weighted by atomic mass is 9.75. The molecule has 0 unspecified atom stereocenters. The second kappa shape index (κ2) is 5.05. The van der Waals surface area contributed by atoms with Crippen LogP contribution in [0.15, 0.2) is 22.7 Å². The molecule has 0 amide bonds. The summed E-state index contributed by atoms with van der Waals surface area (Å²) in [4.78, 5) is 0. The van der Waals surface area contributed by atoms with Crippen molar-refractivity contribution in [2.75, 3.05) is 0 Å². The molecule has 0 atom stereocenters. The topological polar surface area (TPSA) is 20.2 Å². The van der Waals surface area contributed by atoms with Crippen LogP contribution in [0, 0.1) is 11.7 Å². The molecule has 0 aromatic heterocycles. The summed E-state index contributed by atoms with van der Waals surface area (Å²) in [5.74, 6) is -2.00. The molecule has 1 aromatic rings. The quantitative estimate of drug-likeness (QED) is 0.745. The van der Waals surface area contributed by atoms with E-state index in [1.807, 2.05) is 0 Å². The van der Waals surface area contributed by atoms with E-state index in [-0.39, 0.29) is 35.7 Å². The second-order valence-corrected chi connectivity index (χ2v) is 5.80. The number of halogens is 5. The highest BCUT2D eigenvalue weighted by Gasteiger charge is 2.46. The van der Waals surface area contributed by atoms with Crippen LogP contribution < -0.4 is 0 Å². The van der Waals surface area contributed by atoms with Gasteiger partial charge in [0, 0.05) is 5.56 Å². The third kappa shape index (κ3) is 2.94. The van der Waals surface area contributed by atoms with Crippen LogP contribution in [0.1, 0.15) is 31.2 Å². The maximum absolute atomic E-state index is 13.9. The summed E-state index contributed by atoms with van der Waals surface area (Å²) in [6.45, 7) is 0. The molecule has 6 heteroatoms. The molecule has 0 radical (unpaired) electrons. The van der Waals surface area contributed by atoms with Gasteiger partial charge in [-0.3, -0.25) is 0 Å². The van der Waals surface area contributed by atoms with Crippen molar-refractivity contribution in [1.29, 1.82) is 0 Å². The fourth-order valence-electron chi connectivity index (χ4n) is 2.56. The molecule has 1 aromatic carbocycles. The molecule has 0 aliphatic heterocycles. The largest absolute Gasteiger partial charge is 0.391 e. The van der Waals surface area contributed by atoms with Gasteiger partial charge in [-0.1, -0.05) is 12.1 Å². The molecule has 1 saturated carbocycles. The van der Waals surface area contributed by atoms with Gasteiger partial charge in [0.25, 0.3) is 0 Å². The van der Waals surface area contributed by atoms with E-state index in [4.69, 9.17) is 0 Å². The van der Waals surface area contributed by atoms with E-state index in [1.165, 1.54) is 12.1 Å². The molecule has 106 valence electrons. The van der Waals surface area contributed by atoms with Gasteiger partial charge in [-0.2, -0.15) is 13.2 Å². The number of alkyl halides is 3. The zero-order valence-corrected chi connectivity index (χ0v) is 11.6. The molecule has 0 bridgehead atoms. The molecule has 0 heterocycles. The Balaban J connectivity index is 2.21. The lowest BCUT2D eigenvalue weighted by molar-refractivity contribution is -0.193. The molecule has 2 rings (SSSR count). The van der Waals surface area contributed by atoms with Gasteiger partial charge in [-0.15, -0.1) is 0 Å². The molecule has 19 heavy (non-hydrogen) atoms. The summed E-state index contributed by atoms with van der Waals surface area (Å²) in [5, 5.41) is 10.4. The van der Waals surface area contributed by atoms with Gasteiger partial charge in [-0.25, -0.2) is 4.39 Å². The second-order valence-electron chi connectivity index (χ2n) is 4.95. The van der Waals surface area contributed by atoms with Crippen LogP contribution in [0.2, 0.25) is 0 Å². The Morgan fingerprint density at radius 2 is 1.79 bits per heavy atom. The monoisotopic (exact) mass is 340 g/mol. The van der Waals surface area contributed by atoms with Gasteiger partial charge < -0.3 is 5.11 Å². The smallest absolute Gasteiger partial charge is 0.385 e. The van der Waals surface area contributed by atoms with Crippen molar-refractivity contribution >= 4 is 15.9 Å². The number of hydrogen-bond donors (Lipinski definition) is 1. The van der Waals surface area contributed by atoms with E-state index in [0.717, 1.165) is 0 Å². The maximum atomic E-state index is 13.9. The molecular formula is C13H13BrF4O. The van der Waals surface area contributed by atoms with Crippen molar-refractivity contribution in [2.24, 2.45) is 5.92 Å². The van der Waals surface area contributed by atoms with E-state index in [0.29, 0.717) is 0 Å². The van der Waals surface area contributed by atoms with Crippen molar-refractivity contribution in [3.63, 3.8) is 0 Å². The standard InChI is InChI=1S/C13H13BrF4O/c14-10-3-1-2-9(11(10)15)12(19)6-4-8(5-7-12)13(16,17)18/h1-3,8,19H,4-7H2. The van der Waals surface area contributed by atoms with E-state index >= 15 is 0 Å². The first-order valence-corrected chi connectivity index (χ1v) is 6.77. The minimum Gasteiger partial charge on any atom is -0.385 e. The molecule has 1 fully saturated rings. The Hall–Kier alpha value is -0.620. The highest BCUT2D eigenvalue weighted by Crippen LogP contribution is 2.46. The molecule has 1 N–H and O–H groups in total. The van der Waals surface area contributed by atoms with Crippen LogP contribution in [-0.2, 0) is 5.60 Å². The number of aliphatic hydroxyl groups is 1. The Morgan fingerprint density at radius 1 is 1.21 bits per heavy atom. The highest BCUT2D eigenvalue weighted by molar-refractivity contribution is 9.10. The van der Waals surface area contributed by atoms with Gasteiger partial charge in [0.15, 0.2) is 0 Å². The number of benzene rings is 1. The normalized spacial score (nSPS) is 28.4. The van der Waals surface area contributed by atoms with Gasteiger partial charge in [0.1, 0.15) is 5.82 Å². The first-order chi connectivity index (χ1) is 8.74. The van der Waals surface area contributed by atoms with Gasteiger partial charge in [-0.05, 0) is 47.7 Å². The average Bonchev–Trinajstić information content (AvgIpc) is 2.32. The Morgan fingerprint density at radius 3 is 2.32 bits per heavy atom. The van der Waals surface area contributed by atoms with Crippen molar-refractivity contribution < 1.29 is 22.7 Å². The summed E-state index contributed by atoms with van der Waals surface area (Å²) in [6, 6.07) is 4.48. The highest BCUT2D eigenvalue weighted by atomic mass is 79.9. The van der Waals surface area contributed by atoms with Crippen LogP contribution in [0.4, 0.5) is 17.6 Å². The minimum atomic E-state index is -4.24. The van der Waals surface area contributed by atoms with Crippen LogP contribution in [0.25, 0.3) is 0 Å². The molecule has 1 aliphatic carbocycles. The molecule has 0 saturated heterocycles. The summed E-state index contributed by atoms with van der Waals surface area (Å²) in [7, 11) is 0. The fourth-order valence-corrected chi connectivity index (χ4v) is 2.92.